The lowest BCUT2D eigenvalue weighted by molar-refractivity contribution is -0.140. The van der Waals surface area contributed by atoms with Crippen molar-refractivity contribution in [1.29, 1.82) is 10.8 Å². The fraction of sp³-hybridized carbons (Fsp3) is 0.568. The van der Waals surface area contributed by atoms with E-state index in [9.17, 15) is 57.8 Å². The van der Waals surface area contributed by atoms with Gasteiger partial charge in [0.15, 0.2) is 11.9 Å². The van der Waals surface area contributed by atoms with Crippen LogP contribution in [0.3, 0.4) is 0 Å². The number of carbonyl (C=O) groups excluding carboxylic acids is 12. The number of guanidine groups is 2. The minimum absolute atomic E-state index is 0.00411. The smallest absolute Gasteiger partial charge is 0.317 e. The number of hydrogen-bond acceptors (Lipinski definition) is 19. The average Bonchev–Trinajstić information content (AvgIpc) is 1.41. The van der Waals surface area contributed by atoms with Crippen LogP contribution in [-0.4, -0.2) is 249 Å². The van der Waals surface area contributed by atoms with Gasteiger partial charge >= 0.3 is 5.97 Å². The SMILES string of the molecule is CCCCCCCCCCCCCCCCNC(=O)CN(CC(N)=O)C(=O)CCCCCNC(=O)C(Cc1c[nH]c2ccccc12)NC(=O)C(CCNC(=N)N)NC(=O)C(CSCC)NC(=O)C(CCCNC(=N)N)NC(=O)CC1CCCN1C(=O)C(NC(=O)C(Cc1c[nH]cn1)NC(=O)C(NC(=O)CNCC(=O)O)C(C)O)C(c1ccccc1)c1ccccc1. The third kappa shape index (κ3) is 38.4. The Hall–Kier alpha value is -11.7. The predicted molar refractivity (Wildman–Crippen MR) is 481 cm³/mol. The van der Waals surface area contributed by atoms with E-state index in [1.54, 1.807) is 66.9 Å². The Kier molecular flexibility index (Phi) is 47.3. The number of aliphatic hydroxyl groups excluding tert-OH is 1. The number of aromatic nitrogens is 3. The largest absolute Gasteiger partial charge is 0.480 e. The minimum Gasteiger partial charge on any atom is -0.480 e. The maximum atomic E-state index is 15.8. The lowest BCUT2D eigenvalue weighted by Crippen LogP contribution is -2.61. The molecule has 0 saturated carbocycles. The zero-order chi connectivity index (χ0) is 91.6. The van der Waals surface area contributed by atoms with E-state index in [-0.39, 0.29) is 95.8 Å². The van der Waals surface area contributed by atoms with Crippen molar-refractivity contribution >= 4 is 111 Å². The average molecular weight is 1770 g/mol. The van der Waals surface area contributed by atoms with Crippen molar-refractivity contribution in [2.24, 2.45) is 17.2 Å². The van der Waals surface area contributed by atoms with E-state index in [0.29, 0.717) is 60.4 Å². The lowest BCUT2D eigenvalue weighted by Gasteiger charge is -2.35. The highest BCUT2D eigenvalue weighted by Crippen LogP contribution is 2.33. The molecule has 5 aromatic rings. The molecule has 1 saturated heterocycles. The number of nitrogens with one attached hydrogen (secondary N) is 16. The standard InChI is InChI=1S/C88H134N22O15S/c1-4-6-7-8-9-10-11-12-13-14-15-16-17-28-42-96-74(115)55-109(54-71(89)112)75(116)40-25-20-29-43-97-80(119)68(47-61-50-100-65-38-27-26-37-64(61)65)104-82(121)67(41-45-99-88(92)93)103-84(123)70(56-126-5-2)106-81(120)66(39-30-44-98-87(90)91)102-72(113)49-63-36-31-46-110(63)86(125)79(77(59-32-21-18-22-33-59)60-34-23-19-24-35-60)108-83(122)69(48-62-51-95-57-101-62)105-85(124)78(58(3)111)107-73(114)52-94-53-76(117)118/h18-19,21-24,26-27,32-35,37-38,50-51,57-58,63,66-70,77-79,94,100,111H,4-17,20,25,28-31,36,39-49,52-56H2,1-3H3,(H2,89,112)(H,95,101)(H,96,115)(H,97,119)(H,102,113)(H,103,123)(H,104,121)(H,105,124)(H,106,120)(H,107,114)(H,108,122)(H,117,118)(H4,90,91,98)(H4,92,93,99). The van der Waals surface area contributed by atoms with Gasteiger partial charge in [-0.2, -0.15) is 11.8 Å². The van der Waals surface area contributed by atoms with E-state index >= 15 is 9.59 Å². The highest BCUT2D eigenvalue weighted by atomic mass is 32.2. The van der Waals surface area contributed by atoms with Gasteiger partial charge in [-0.05, 0) is 86.8 Å². The summed E-state index contributed by atoms with van der Waals surface area (Å²) in [6, 6.07) is 14.2. The number of hydrogen-bond donors (Lipinski definition) is 21. The first-order valence-corrected chi connectivity index (χ1v) is 45.3. The first-order chi connectivity index (χ1) is 60.7. The number of carbonyl (C=O) groups is 13. The molecule has 12 amide bonds. The van der Waals surface area contributed by atoms with Crippen LogP contribution in [0.5, 0.6) is 0 Å². The van der Waals surface area contributed by atoms with Crippen LogP contribution < -0.4 is 81.0 Å². The quantitative estimate of drug-likeness (QED) is 0.0151. The molecule has 0 aliphatic carbocycles. The molecule has 9 unspecified atom stereocenters. The number of unbranched alkanes of at least 4 members (excludes halogenated alkanes) is 15. The van der Waals surface area contributed by atoms with Crippen LogP contribution in [0.2, 0.25) is 0 Å². The number of aromatic amines is 2. The number of likely N-dealkylation sites (tertiary alicyclic amines) is 1. The zero-order valence-electron chi connectivity index (χ0n) is 72.9. The predicted octanol–water partition coefficient (Wildman–Crippen LogP) is 2.82. The molecule has 1 aliphatic rings. The molecule has 0 bridgehead atoms. The molecule has 0 radical (unpaired) electrons. The van der Waals surface area contributed by atoms with E-state index in [1.807, 2.05) is 31.2 Å². The van der Waals surface area contributed by atoms with Gasteiger partial charge in [0.25, 0.3) is 0 Å². The summed E-state index contributed by atoms with van der Waals surface area (Å²) in [5.41, 5.74) is 19.8. The molecule has 0 spiro atoms. The normalized spacial score (nSPS) is 14.3. The first kappa shape index (κ1) is 103. The highest BCUT2D eigenvalue weighted by molar-refractivity contribution is 7.99. The summed E-state index contributed by atoms with van der Waals surface area (Å²) in [5, 5.41) is 69.1. The van der Waals surface area contributed by atoms with Crippen LogP contribution in [0.15, 0.2) is 104 Å². The zero-order valence-corrected chi connectivity index (χ0v) is 73.8. The number of carboxylic acids is 1. The molecule has 37 nitrogen and oxygen atoms in total. The minimum atomic E-state index is -1.65. The van der Waals surface area contributed by atoms with E-state index in [0.717, 1.165) is 41.5 Å². The fourth-order valence-electron chi connectivity index (χ4n) is 15.1. The maximum Gasteiger partial charge on any atom is 0.317 e. The Labute approximate surface area is 741 Å². The third-order valence-electron chi connectivity index (χ3n) is 21.7. The fourth-order valence-corrected chi connectivity index (χ4v) is 15.8. The number of H-pyrrole nitrogens is 2. The van der Waals surface area contributed by atoms with Crippen LogP contribution >= 0.6 is 11.8 Å². The Morgan fingerprint density at radius 3 is 1.70 bits per heavy atom. The topological polar surface area (TPSA) is 583 Å². The van der Waals surface area contributed by atoms with Crippen LogP contribution in [0.1, 0.15) is 203 Å². The van der Waals surface area contributed by atoms with Crippen molar-refractivity contribution in [2.45, 2.75) is 248 Å². The molecule has 38 heteroatoms. The molecule has 24 N–H and O–H groups in total. The molecule has 3 aromatic carbocycles. The Morgan fingerprint density at radius 2 is 1.10 bits per heavy atom. The van der Waals surface area contributed by atoms with Gasteiger partial charge in [-0.3, -0.25) is 78.5 Å². The van der Waals surface area contributed by atoms with Gasteiger partial charge in [0.1, 0.15) is 48.8 Å². The van der Waals surface area contributed by atoms with Gasteiger partial charge in [-0.15, -0.1) is 0 Å². The summed E-state index contributed by atoms with van der Waals surface area (Å²) < 4.78 is 0. The van der Waals surface area contributed by atoms with Crippen molar-refractivity contribution in [3.63, 3.8) is 0 Å². The van der Waals surface area contributed by atoms with Gasteiger partial charge < -0.3 is 106 Å². The van der Waals surface area contributed by atoms with Gasteiger partial charge in [0, 0.05) is 99.4 Å². The van der Waals surface area contributed by atoms with Crippen molar-refractivity contribution < 1.29 is 72.5 Å². The van der Waals surface area contributed by atoms with Gasteiger partial charge in [0.2, 0.25) is 70.9 Å². The lowest BCUT2D eigenvalue weighted by atomic mass is 9.84. The second-order valence-electron chi connectivity index (χ2n) is 31.8. The number of benzene rings is 3. The Morgan fingerprint density at radius 1 is 0.548 bits per heavy atom. The summed E-state index contributed by atoms with van der Waals surface area (Å²) in [6.45, 7) is 4.05. The van der Waals surface area contributed by atoms with Crippen molar-refractivity contribution in [1.82, 2.24) is 88.6 Å². The number of para-hydroxylation sites is 1. The summed E-state index contributed by atoms with van der Waals surface area (Å²) in [5.74, 6) is -11.2. The van der Waals surface area contributed by atoms with Crippen LogP contribution in [0.25, 0.3) is 10.9 Å². The molecule has 1 aliphatic heterocycles. The molecule has 126 heavy (non-hydrogen) atoms. The molecule has 2 aromatic heterocycles. The molecule has 6 rings (SSSR count). The molecule has 692 valence electrons. The second kappa shape index (κ2) is 57.8. The number of fused-ring (bicyclic) bond motifs is 1. The number of aliphatic hydroxyl groups is 1. The van der Waals surface area contributed by atoms with Crippen LogP contribution in [0.4, 0.5) is 0 Å². The third-order valence-corrected chi connectivity index (χ3v) is 22.6. The summed E-state index contributed by atoms with van der Waals surface area (Å²) in [4.78, 5) is 195. The van der Waals surface area contributed by atoms with Gasteiger partial charge in [0.05, 0.1) is 37.8 Å². The van der Waals surface area contributed by atoms with Crippen molar-refractivity contribution in [2.75, 3.05) is 70.4 Å². The Bertz CT molecular complexity index is 4220. The highest BCUT2D eigenvalue weighted by Gasteiger charge is 2.43. The monoisotopic (exact) mass is 1770 g/mol. The summed E-state index contributed by atoms with van der Waals surface area (Å²) in [6.07, 6.45) is 20.9. The number of thioether (sulfide) groups is 1. The van der Waals surface area contributed by atoms with Crippen molar-refractivity contribution in [3.05, 3.63) is 126 Å². The van der Waals surface area contributed by atoms with Gasteiger partial charge in [-0.1, -0.05) is 183 Å². The number of nitrogens with two attached hydrogens (primary N) is 3. The number of carboxylic acid groups (broad SMARTS) is 1. The van der Waals surface area contributed by atoms with E-state index in [1.165, 1.54) is 100 Å². The second-order valence-corrected chi connectivity index (χ2v) is 33.1. The van der Waals surface area contributed by atoms with E-state index in [2.05, 4.69) is 85.7 Å². The first-order valence-electron chi connectivity index (χ1n) is 44.1. The van der Waals surface area contributed by atoms with Crippen molar-refractivity contribution in [3.8, 4) is 0 Å². The van der Waals surface area contributed by atoms with E-state index < -0.39 is 163 Å². The van der Waals surface area contributed by atoms with Gasteiger partial charge in [-0.25, -0.2) is 4.98 Å². The number of nitrogens with zero attached hydrogens (tertiary/aromatic N) is 3. The number of amides is 12. The molecule has 3 heterocycles. The summed E-state index contributed by atoms with van der Waals surface area (Å²) >= 11 is 1.28. The number of imidazole rings is 1. The van der Waals surface area contributed by atoms with Crippen LogP contribution in [0, 0.1) is 10.8 Å². The molecular formula is C88H134N22O15S. The number of rotatable bonds is 63. The number of primary amides is 1. The molecular weight excluding hydrogens is 1640 g/mol. The van der Waals surface area contributed by atoms with E-state index in [4.69, 9.17) is 33.1 Å². The maximum absolute atomic E-state index is 15.8. The molecule has 1 fully saturated rings. The Balaban J connectivity index is 1.15. The molecule has 9 atom stereocenters. The summed E-state index contributed by atoms with van der Waals surface area (Å²) in [7, 11) is 0. The van der Waals surface area contributed by atoms with Crippen LogP contribution in [-0.2, 0) is 75.2 Å². The number of aliphatic carboxylic acids is 1.